The van der Waals surface area contributed by atoms with Crippen LogP contribution in [0.25, 0.3) is 35.1 Å². The Morgan fingerprint density at radius 1 is 0.591 bits per heavy atom. The Morgan fingerprint density at radius 2 is 1.00 bits per heavy atom. The van der Waals surface area contributed by atoms with E-state index in [0.717, 1.165) is 22.3 Å². The van der Waals surface area contributed by atoms with E-state index in [-0.39, 0.29) is 0 Å². The predicted octanol–water partition coefficient (Wildman–Crippen LogP) is 6.52. The van der Waals surface area contributed by atoms with Crippen LogP contribution in [0.2, 0.25) is 0 Å². The SMILES string of the molecule is C=C/C=C\c1c(C=C)c(C=C)c(/C=C\C=C)c2ccccc12. The monoisotopic (exact) mass is 284 g/mol. The van der Waals surface area contributed by atoms with Gasteiger partial charge in [0.15, 0.2) is 0 Å². The van der Waals surface area contributed by atoms with Crippen molar-refractivity contribution in [2.75, 3.05) is 0 Å². The first-order valence-electron chi connectivity index (χ1n) is 7.20. The molecule has 22 heavy (non-hydrogen) atoms. The van der Waals surface area contributed by atoms with Gasteiger partial charge in [0, 0.05) is 0 Å². The predicted molar refractivity (Wildman–Crippen MR) is 103 cm³/mol. The van der Waals surface area contributed by atoms with Crippen molar-refractivity contribution in [3.05, 3.63) is 97.1 Å². The van der Waals surface area contributed by atoms with Crippen LogP contribution < -0.4 is 0 Å². The third-order valence-corrected chi connectivity index (χ3v) is 3.58. The Bertz CT molecular complexity index is 730. The minimum absolute atomic E-state index is 1.08. The lowest BCUT2D eigenvalue weighted by atomic mass is 9.88. The summed E-state index contributed by atoms with van der Waals surface area (Å²) in [5.74, 6) is 0. The summed E-state index contributed by atoms with van der Waals surface area (Å²) in [4.78, 5) is 0. The first kappa shape index (κ1) is 15.5. The number of rotatable bonds is 6. The van der Waals surface area contributed by atoms with Gasteiger partial charge < -0.3 is 0 Å². The molecule has 0 radical (unpaired) electrons. The number of hydrogen-bond acceptors (Lipinski definition) is 0. The van der Waals surface area contributed by atoms with Crippen LogP contribution in [0, 0.1) is 0 Å². The van der Waals surface area contributed by atoms with Crippen LogP contribution in [0.1, 0.15) is 22.3 Å². The largest absolute Gasteiger partial charge is 0.0991 e. The fourth-order valence-electron chi connectivity index (χ4n) is 2.66. The van der Waals surface area contributed by atoms with Crippen molar-refractivity contribution < 1.29 is 0 Å². The average molecular weight is 284 g/mol. The lowest BCUT2D eigenvalue weighted by Gasteiger charge is -2.15. The first-order chi connectivity index (χ1) is 10.8. The number of benzene rings is 2. The van der Waals surface area contributed by atoms with E-state index in [0.29, 0.717) is 0 Å². The average Bonchev–Trinajstić information content (AvgIpc) is 2.57. The third kappa shape index (κ3) is 2.77. The minimum atomic E-state index is 1.08. The highest BCUT2D eigenvalue weighted by Gasteiger charge is 2.12. The van der Waals surface area contributed by atoms with Gasteiger partial charge in [0.05, 0.1) is 0 Å². The lowest BCUT2D eigenvalue weighted by molar-refractivity contribution is 1.60. The summed E-state index contributed by atoms with van der Waals surface area (Å²) >= 11 is 0. The van der Waals surface area contributed by atoms with Crippen LogP contribution in [-0.4, -0.2) is 0 Å². The van der Waals surface area contributed by atoms with Gasteiger partial charge in [-0.3, -0.25) is 0 Å². The van der Waals surface area contributed by atoms with Crippen molar-refractivity contribution in [2.45, 2.75) is 0 Å². The fraction of sp³-hybridized carbons (Fsp3) is 0. The van der Waals surface area contributed by atoms with Gasteiger partial charge in [0.2, 0.25) is 0 Å². The zero-order valence-electron chi connectivity index (χ0n) is 12.8. The summed E-state index contributed by atoms with van der Waals surface area (Å²) in [6.45, 7) is 15.5. The van der Waals surface area contributed by atoms with Crippen molar-refractivity contribution in [2.24, 2.45) is 0 Å². The second kappa shape index (κ2) is 7.24. The third-order valence-electron chi connectivity index (χ3n) is 3.58. The second-order valence-electron chi connectivity index (χ2n) is 4.80. The molecule has 0 saturated heterocycles. The second-order valence-corrected chi connectivity index (χ2v) is 4.80. The van der Waals surface area contributed by atoms with Crippen molar-refractivity contribution in [3.8, 4) is 0 Å². The van der Waals surface area contributed by atoms with E-state index in [1.165, 1.54) is 10.8 Å². The van der Waals surface area contributed by atoms with Crippen LogP contribution >= 0.6 is 0 Å². The van der Waals surface area contributed by atoms with Crippen molar-refractivity contribution in [1.29, 1.82) is 0 Å². The molecule has 0 nitrogen and oxygen atoms in total. The van der Waals surface area contributed by atoms with E-state index in [4.69, 9.17) is 0 Å². The molecule has 0 aliphatic rings. The van der Waals surface area contributed by atoms with E-state index in [1.54, 1.807) is 12.2 Å². The van der Waals surface area contributed by atoms with Gasteiger partial charge in [-0.2, -0.15) is 0 Å². The summed E-state index contributed by atoms with van der Waals surface area (Å²) in [5.41, 5.74) is 4.43. The van der Waals surface area contributed by atoms with Gasteiger partial charge in [0.25, 0.3) is 0 Å². The molecule has 0 aromatic heterocycles. The van der Waals surface area contributed by atoms with E-state index < -0.39 is 0 Å². The molecule has 108 valence electrons. The molecule has 0 aliphatic heterocycles. The fourth-order valence-corrected chi connectivity index (χ4v) is 2.66. The molecule has 2 aromatic rings. The lowest BCUT2D eigenvalue weighted by Crippen LogP contribution is -1.94. The Morgan fingerprint density at radius 3 is 1.32 bits per heavy atom. The normalized spacial score (nSPS) is 11.1. The van der Waals surface area contributed by atoms with E-state index >= 15 is 0 Å². The van der Waals surface area contributed by atoms with Gasteiger partial charge in [-0.05, 0) is 33.0 Å². The first-order valence-corrected chi connectivity index (χ1v) is 7.20. The molecule has 0 atom stereocenters. The van der Waals surface area contributed by atoms with Crippen LogP contribution in [0.4, 0.5) is 0 Å². The number of hydrogen-bond donors (Lipinski definition) is 0. The quantitative estimate of drug-likeness (QED) is 0.529. The van der Waals surface area contributed by atoms with Crippen LogP contribution in [-0.2, 0) is 0 Å². The molecule has 0 heteroatoms. The molecule has 0 saturated carbocycles. The van der Waals surface area contributed by atoms with E-state index in [2.05, 4.69) is 62.7 Å². The zero-order valence-corrected chi connectivity index (χ0v) is 12.8. The molecule has 0 bridgehead atoms. The topological polar surface area (TPSA) is 0 Å². The summed E-state index contributed by atoms with van der Waals surface area (Å²) in [6, 6.07) is 8.36. The maximum absolute atomic E-state index is 3.98. The molecule has 2 aromatic carbocycles. The summed E-state index contributed by atoms with van der Waals surface area (Å²) in [6.07, 6.45) is 15.4. The number of fused-ring (bicyclic) bond motifs is 1. The smallest absolute Gasteiger partial charge is 0.00990 e. The maximum atomic E-state index is 3.98. The Labute approximate surface area is 132 Å². The summed E-state index contributed by atoms with van der Waals surface area (Å²) in [7, 11) is 0. The minimum Gasteiger partial charge on any atom is -0.0991 e. The molecular formula is C22H20. The van der Waals surface area contributed by atoms with Gasteiger partial charge in [0.1, 0.15) is 0 Å². The van der Waals surface area contributed by atoms with Crippen LogP contribution in [0.5, 0.6) is 0 Å². The molecule has 0 unspecified atom stereocenters. The standard InChI is InChI=1S/C22H20/c1-5-9-13-19-17(7-3)18(8-4)20(14-10-6-2)22-16-12-11-15-21(19)22/h5-16H,1-4H2/b13-9-,14-10-. The highest BCUT2D eigenvalue weighted by Crippen LogP contribution is 2.34. The van der Waals surface area contributed by atoms with Crippen molar-refractivity contribution >= 4 is 35.1 Å². The highest BCUT2D eigenvalue weighted by molar-refractivity contribution is 6.03. The zero-order chi connectivity index (χ0) is 15.9. The van der Waals surface area contributed by atoms with Crippen molar-refractivity contribution in [1.82, 2.24) is 0 Å². The molecule has 0 heterocycles. The highest BCUT2D eigenvalue weighted by atomic mass is 14.2. The molecule has 0 N–H and O–H groups in total. The van der Waals surface area contributed by atoms with Gasteiger partial charge in [-0.15, -0.1) is 0 Å². The van der Waals surface area contributed by atoms with Gasteiger partial charge in [-0.1, -0.05) is 99.2 Å². The number of allylic oxidation sites excluding steroid dienone is 4. The van der Waals surface area contributed by atoms with Gasteiger partial charge in [-0.25, -0.2) is 0 Å². The Kier molecular flexibility index (Phi) is 5.11. The van der Waals surface area contributed by atoms with E-state index in [1.807, 2.05) is 24.3 Å². The van der Waals surface area contributed by atoms with Crippen LogP contribution in [0.3, 0.4) is 0 Å². The Hall–Kier alpha value is -2.86. The molecule has 0 spiro atoms. The summed E-state index contributed by atoms with van der Waals surface area (Å²) < 4.78 is 0. The Balaban J connectivity index is 3.01. The molecule has 0 amide bonds. The van der Waals surface area contributed by atoms with E-state index in [9.17, 15) is 0 Å². The van der Waals surface area contributed by atoms with Gasteiger partial charge >= 0.3 is 0 Å². The molecule has 0 fully saturated rings. The molecule has 2 rings (SSSR count). The van der Waals surface area contributed by atoms with Crippen LogP contribution in [0.15, 0.2) is 74.9 Å². The molecule has 0 aliphatic carbocycles. The van der Waals surface area contributed by atoms with Crippen molar-refractivity contribution in [3.63, 3.8) is 0 Å². The summed E-state index contributed by atoms with van der Waals surface area (Å²) in [5, 5.41) is 2.37. The maximum Gasteiger partial charge on any atom is -0.00990 e. The molecular weight excluding hydrogens is 264 g/mol.